The van der Waals surface area contributed by atoms with Gasteiger partial charge in [0, 0.05) is 12.5 Å². The molecule has 0 aromatic carbocycles. The van der Waals surface area contributed by atoms with Crippen LogP contribution in [0.5, 0.6) is 5.75 Å². The summed E-state index contributed by atoms with van der Waals surface area (Å²) in [4.78, 5) is 4.15. The van der Waals surface area contributed by atoms with Crippen molar-refractivity contribution in [2.24, 2.45) is 0 Å². The maximum atomic E-state index is 9.06. The molecule has 0 fully saturated rings. The molecule has 2 rings (SSSR count). The molecule has 0 radical (unpaired) electrons. The Labute approximate surface area is 87.3 Å². The van der Waals surface area contributed by atoms with Crippen LogP contribution in [-0.2, 0) is 0 Å². The van der Waals surface area contributed by atoms with Gasteiger partial charge in [-0.1, -0.05) is 0 Å². The summed E-state index contributed by atoms with van der Waals surface area (Å²) < 4.78 is 7.06. The first kappa shape index (κ1) is 9.92. The zero-order valence-electron chi connectivity index (χ0n) is 8.50. The van der Waals surface area contributed by atoms with Crippen LogP contribution in [0.4, 0.5) is 0 Å². The Balaban J connectivity index is 2.02. The van der Waals surface area contributed by atoms with Crippen LogP contribution in [0.2, 0.25) is 0 Å². The minimum atomic E-state index is -0.341. The van der Waals surface area contributed by atoms with Crippen molar-refractivity contribution in [3.63, 3.8) is 0 Å². The fraction of sp³-hybridized carbons (Fsp3) is 0.400. The molecule has 0 saturated heterocycles. The van der Waals surface area contributed by atoms with Crippen molar-refractivity contribution in [3.05, 3.63) is 24.7 Å². The van der Waals surface area contributed by atoms with Crippen LogP contribution >= 0.6 is 0 Å². The zero-order valence-corrected chi connectivity index (χ0v) is 8.50. The van der Waals surface area contributed by atoms with Crippen LogP contribution < -0.4 is 4.74 Å². The summed E-state index contributed by atoms with van der Waals surface area (Å²) in [6.45, 7) is 2.21. The van der Waals surface area contributed by atoms with E-state index in [0.29, 0.717) is 18.8 Å². The highest BCUT2D eigenvalue weighted by Gasteiger charge is 2.00. The molecular weight excluding hydrogens is 194 g/mol. The van der Waals surface area contributed by atoms with Gasteiger partial charge in [0.1, 0.15) is 0 Å². The number of rotatable bonds is 4. The van der Waals surface area contributed by atoms with E-state index in [1.54, 1.807) is 30.0 Å². The summed E-state index contributed by atoms with van der Waals surface area (Å²) >= 11 is 0. The number of fused-ring (bicyclic) bond motifs is 1. The molecule has 1 atom stereocenters. The van der Waals surface area contributed by atoms with E-state index in [0.717, 1.165) is 5.65 Å². The lowest BCUT2D eigenvalue weighted by atomic mass is 10.3. The number of nitrogens with zero attached hydrogens (tertiary/aromatic N) is 3. The molecule has 1 unspecified atom stereocenters. The van der Waals surface area contributed by atoms with Gasteiger partial charge in [-0.15, -0.1) is 0 Å². The number of aliphatic hydroxyl groups excluding tert-OH is 1. The van der Waals surface area contributed by atoms with E-state index >= 15 is 0 Å². The van der Waals surface area contributed by atoms with Gasteiger partial charge in [-0.2, -0.15) is 5.10 Å². The molecule has 80 valence electrons. The van der Waals surface area contributed by atoms with Crippen molar-refractivity contribution in [3.8, 4) is 5.75 Å². The fourth-order valence-electron chi connectivity index (χ4n) is 1.21. The summed E-state index contributed by atoms with van der Waals surface area (Å²) in [7, 11) is 0. The Hall–Kier alpha value is -1.62. The van der Waals surface area contributed by atoms with Crippen LogP contribution in [0, 0.1) is 0 Å². The van der Waals surface area contributed by atoms with Crippen molar-refractivity contribution < 1.29 is 9.84 Å². The van der Waals surface area contributed by atoms with Gasteiger partial charge in [0.25, 0.3) is 0 Å². The standard InChI is InChI=1S/C10H13N3O2/c1-8(14)3-5-15-9-6-11-10-2-4-12-13(10)7-9/h2,4,6-8,14H,3,5H2,1H3. The van der Waals surface area contributed by atoms with Gasteiger partial charge < -0.3 is 9.84 Å². The summed E-state index contributed by atoms with van der Waals surface area (Å²) in [6.07, 6.45) is 5.37. The summed E-state index contributed by atoms with van der Waals surface area (Å²) in [6, 6.07) is 1.82. The van der Waals surface area contributed by atoms with E-state index < -0.39 is 0 Å². The quantitative estimate of drug-likeness (QED) is 0.808. The molecule has 0 aliphatic rings. The second-order valence-electron chi connectivity index (χ2n) is 3.41. The van der Waals surface area contributed by atoms with Gasteiger partial charge >= 0.3 is 0 Å². The average Bonchev–Trinajstić information content (AvgIpc) is 2.64. The van der Waals surface area contributed by atoms with Crippen LogP contribution in [0.1, 0.15) is 13.3 Å². The molecule has 2 aromatic rings. The van der Waals surface area contributed by atoms with Crippen molar-refractivity contribution in [1.29, 1.82) is 0 Å². The lowest BCUT2D eigenvalue weighted by Gasteiger charge is -2.07. The van der Waals surface area contributed by atoms with E-state index in [4.69, 9.17) is 9.84 Å². The molecule has 5 nitrogen and oxygen atoms in total. The van der Waals surface area contributed by atoms with Crippen LogP contribution in [-0.4, -0.2) is 32.4 Å². The summed E-state index contributed by atoms with van der Waals surface area (Å²) in [5.41, 5.74) is 0.790. The first-order valence-corrected chi connectivity index (χ1v) is 4.86. The second-order valence-corrected chi connectivity index (χ2v) is 3.41. The molecule has 0 aliphatic carbocycles. The third kappa shape index (κ3) is 2.44. The molecule has 2 aromatic heterocycles. The fourth-order valence-corrected chi connectivity index (χ4v) is 1.21. The van der Waals surface area contributed by atoms with Gasteiger partial charge in [-0.05, 0) is 6.92 Å². The van der Waals surface area contributed by atoms with Crippen LogP contribution in [0.15, 0.2) is 24.7 Å². The van der Waals surface area contributed by atoms with E-state index in [2.05, 4.69) is 10.1 Å². The Morgan fingerprint density at radius 3 is 3.27 bits per heavy atom. The van der Waals surface area contributed by atoms with Gasteiger partial charge in [-0.3, -0.25) is 0 Å². The van der Waals surface area contributed by atoms with Crippen LogP contribution in [0.3, 0.4) is 0 Å². The Bertz CT molecular complexity index is 439. The molecule has 0 bridgehead atoms. The predicted octanol–water partition coefficient (Wildman–Crippen LogP) is 0.879. The largest absolute Gasteiger partial charge is 0.490 e. The molecule has 1 N–H and O–H groups in total. The number of hydrogen-bond acceptors (Lipinski definition) is 4. The summed E-state index contributed by atoms with van der Waals surface area (Å²) in [5, 5.41) is 13.1. The average molecular weight is 207 g/mol. The maximum absolute atomic E-state index is 9.06. The number of aromatic nitrogens is 3. The third-order valence-corrected chi connectivity index (χ3v) is 2.03. The zero-order chi connectivity index (χ0) is 10.7. The highest BCUT2D eigenvalue weighted by atomic mass is 16.5. The SMILES string of the molecule is CC(O)CCOc1cnc2ccnn2c1. The van der Waals surface area contributed by atoms with Gasteiger partial charge in [0.2, 0.25) is 0 Å². The predicted molar refractivity (Wildman–Crippen MR) is 54.8 cm³/mol. The van der Waals surface area contributed by atoms with Crippen molar-refractivity contribution in [1.82, 2.24) is 14.6 Å². The minimum Gasteiger partial charge on any atom is -0.490 e. The molecule has 0 saturated carbocycles. The molecule has 2 heterocycles. The maximum Gasteiger partial charge on any atom is 0.155 e. The lowest BCUT2D eigenvalue weighted by molar-refractivity contribution is 0.155. The monoisotopic (exact) mass is 207 g/mol. The van der Waals surface area contributed by atoms with E-state index in [-0.39, 0.29) is 6.10 Å². The van der Waals surface area contributed by atoms with Crippen molar-refractivity contribution >= 4 is 5.65 Å². The van der Waals surface area contributed by atoms with Crippen molar-refractivity contribution in [2.45, 2.75) is 19.4 Å². The van der Waals surface area contributed by atoms with Crippen molar-refractivity contribution in [2.75, 3.05) is 6.61 Å². The van der Waals surface area contributed by atoms with Gasteiger partial charge in [-0.25, -0.2) is 9.50 Å². The Morgan fingerprint density at radius 1 is 1.60 bits per heavy atom. The molecule has 0 aliphatic heterocycles. The molecule has 5 heteroatoms. The highest BCUT2D eigenvalue weighted by molar-refractivity contribution is 5.37. The first-order chi connectivity index (χ1) is 7.25. The van der Waals surface area contributed by atoms with Gasteiger partial charge in [0.15, 0.2) is 11.4 Å². The molecule has 15 heavy (non-hydrogen) atoms. The Morgan fingerprint density at radius 2 is 2.47 bits per heavy atom. The normalized spacial score (nSPS) is 12.9. The number of ether oxygens (including phenoxy) is 1. The van der Waals surface area contributed by atoms with E-state index in [9.17, 15) is 0 Å². The first-order valence-electron chi connectivity index (χ1n) is 4.86. The third-order valence-electron chi connectivity index (χ3n) is 2.03. The lowest BCUT2D eigenvalue weighted by Crippen LogP contribution is -2.08. The Kier molecular flexibility index (Phi) is 2.82. The molecule has 0 amide bonds. The van der Waals surface area contributed by atoms with Gasteiger partial charge in [0.05, 0.1) is 31.3 Å². The smallest absolute Gasteiger partial charge is 0.155 e. The van der Waals surface area contributed by atoms with Crippen LogP contribution in [0.25, 0.3) is 5.65 Å². The summed E-state index contributed by atoms with van der Waals surface area (Å²) in [5.74, 6) is 0.659. The number of aliphatic hydroxyl groups is 1. The number of hydrogen-bond donors (Lipinski definition) is 1. The second kappa shape index (κ2) is 4.27. The highest BCUT2D eigenvalue weighted by Crippen LogP contribution is 2.09. The molecular formula is C10H13N3O2. The topological polar surface area (TPSA) is 59.7 Å². The minimum absolute atomic E-state index is 0.341. The van der Waals surface area contributed by atoms with E-state index in [1.165, 1.54) is 0 Å². The molecule has 0 spiro atoms. The van der Waals surface area contributed by atoms with E-state index in [1.807, 2.05) is 6.07 Å².